The van der Waals surface area contributed by atoms with Gasteiger partial charge in [-0.2, -0.15) is 0 Å². The van der Waals surface area contributed by atoms with Crippen molar-refractivity contribution < 1.29 is 13.2 Å². The molecule has 3 rings (SSSR count). The van der Waals surface area contributed by atoms with Gasteiger partial charge in [0, 0.05) is 17.4 Å². The van der Waals surface area contributed by atoms with Crippen molar-refractivity contribution in [2.75, 3.05) is 10.0 Å². The monoisotopic (exact) mass is 468 g/mol. The third-order valence-electron chi connectivity index (χ3n) is 5.14. The summed E-state index contributed by atoms with van der Waals surface area (Å²) in [4.78, 5) is 20.9. The molecule has 10 heteroatoms. The van der Waals surface area contributed by atoms with Gasteiger partial charge in [0.05, 0.1) is 10.8 Å². The molecule has 1 aromatic carbocycles. The fraction of sp³-hybridized carbons (Fsp3) is 0.350. The van der Waals surface area contributed by atoms with Crippen LogP contribution in [0.15, 0.2) is 45.8 Å². The lowest BCUT2D eigenvalue weighted by Gasteiger charge is -2.10. The standard InChI is InChI=1S/C20H22Cl2N4O3S/c1-11-9-17(24-12(2)23-11)26-30(28,29)14-7-5-13(6-8-14)25-19(27)18-15(10-16(21)22)20(18,3)4/h5-10,15,18H,1-4H3,(H,25,27)(H,23,24,26)/t15-,18+/m1/s1. The fourth-order valence-electron chi connectivity index (χ4n) is 3.53. The van der Waals surface area contributed by atoms with E-state index in [-0.39, 0.29) is 38.4 Å². The van der Waals surface area contributed by atoms with Gasteiger partial charge in [0.15, 0.2) is 0 Å². The molecule has 30 heavy (non-hydrogen) atoms. The van der Waals surface area contributed by atoms with Crippen molar-refractivity contribution in [3.05, 3.63) is 52.4 Å². The Morgan fingerprint density at radius 3 is 2.33 bits per heavy atom. The average molecular weight is 469 g/mol. The summed E-state index contributed by atoms with van der Waals surface area (Å²) in [6.45, 7) is 7.37. The van der Waals surface area contributed by atoms with Gasteiger partial charge in [0.1, 0.15) is 16.1 Å². The van der Waals surface area contributed by atoms with Crippen LogP contribution in [0, 0.1) is 31.1 Å². The number of carbonyl (C=O) groups is 1. The summed E-state index contributed by atoms with van der Waals surface area (Å²) in [5, 5.41) is 2.82. The zero-order chi connectivity index (χ0) is 22.3. The molecule has 0 spiro atoms. The Morgan fingerprint density at radius 2 is 1.77 bits per heavy atom. The first kappa shape index (κ1) is 22.5. The van der Waals surface area contributed by atoms with E-state index in [1.54, 1.807) is 26.0 Å². The minimum Gasteiger partial charge on any atom is -0.326 e. The number of benzene rings is 1. The van der Waals surface area contributed by atoms with Crippen molar-refractivity contribution >= 4 is 50.6 Å². The number of halogens is 2. The normalized spacial score (nSPS) is 19.7. The minimum absolute atomic E-state index is 0.0499. The van der Waals surface area contributed by atoms with E-state index in [1.807, 2.05) is 13.8 Å². The smallest absolute Gasteiger partial charge is 0.263 e. The first-order valence-corrected chi connectivity index (χ1v) is 11.4. The summed E-state index contributed by atoms with van der Waals surface area (Å²) in [7, 11) is -3.83. The topological polar surface area (TPSA) is 101 Å². The summed E-state index contributed by atoms with van der Waals surface area (Å²) < 4.78 is 27.8. The van der Waals surface area contributed by atoms with Gasteiger partial charge in [0.2, 0.25) is 5.91 Å². The van der Waals surface area contributed by atoms with Crippen LogP contribution < -0.4 is 10.0 Å². The van der Waals surface area contributed by atoms with Crippen molar-refractivity contribution in [1.82, 2.24) is 9.97 Å². The van der Waals surface area contributed by atoms with E-state index in [0.29, 0.717) is 17.2 Å². The first-order valence-electron chi connectivity index (χ1n) is 9.19. The van der Waals surface area contributed by atoms with Crippen LogP contribution in [0.3, 0.4) is 0 Å². The Kier molecular flexibility index (Phi) is 6.13. The minimum atomic E-state index is -3.83. The third-order valence-corrected chi connectivity index (χ3v) is 6.76. The molecule has 1 aromatic heterocycles. The van der Waals surface area contributed by atoms with Crippen LogP contribution in [0.4, 0.5) is 11.5 Å². The number of amides is 1. The number of rotatable bonds is 6. The average Bonchev–Trinajstić information content (AvgIpc) is 3.13. The zero-order valence-electron chi connectivity index (χ0n) is 16.9. The number of sulfonamides is 1. The van der Waals surface area contributed by atoms with Gasteiger partial charge >= 0.3 is 0 Å². The molecule has 160 valence electrons. The second kappa shape index (κ2) is 8.17. The number of aromatic nitrogens is 2. The quantitative estimate of drug-likeness (QED) is 0.652. The Labute approximate surface area is 186 Å². The van der Waals surface area contributed by atoms with E-state index >= 15 is 0 Å². The summed E-state index contributed by atoms with van der Waals surface area (Å²) in [5.41, 5.74) is 0.903. The molecule has 0 radical (unpaired) electrons. The van der Waals surface area contributed by atoms with Gasteiger partial charge in [-0.3, -0.25) is 9.52 Å². The molecule has 2 aromatic rings. The van der Waals surface area contributed by atoms with Crippen LogP contribution in [0.5, 0.6) is 0 Å². The van der Waals surface area contributed by atoms with Gasteiger partial charge in [-0.15, -0.1) is 0 Å². The van der Waals surface area contributed by atoms with Gasteiger partial charge in [0.25, 0.3) is 10.0 Å². The largest absolute Gasteiger partial charge is 0.326 e. The SMILES string of the molecule is Cc1cc(NS(=O)(=O)c2ccc(NC(=O)[C@@H]3[C@@H](C=C(Cl)Cl)C3(C)C)cc2)nc(C)n1. The number of hydrogen-bond acceptors (Lipinski definition) is 5. The van der Waals surface area contributed by atoms with Crippen LogP contribution in [0.1, 0.15) is 25.4 Å². The van der Waals surface area contributed by atoms with Crippen molar-refractivity contribution in [3.8, 4) is 0 Å². The number of allylic oxidation sites excluding steroid dienone is 1. The molecule has 1 aliphatic carbocycles. The van der Waals surface area contributed by atoms with Crippen molar-refractivity contribution in [2.45, 2.75) is 32.6 Å². The molecule has 0 unspecified atom stereocenters. The molecule has 0 bridgehead atoms. The predicted octanol–water partition coefficient (Wildman–Crippen LogP) is 4.42. The fourth-order valence-corrected chi connectivity index (χ4v) is 4.79. The predicted molar refractivity (Wildman–Crippen MR) is 118 cm³/mol. The number of nitrogens with one attached hydrogen (secondary N) is 2. The summed E-state index contributed by atoms with van der Waals surface area (Å²) in [6.07, 6.45) is 1.67. The number of anilines is 2. The van der Waals surface area contributed by atoms with E-state index in [4.69, 9.17) is 23.2 Å². The molecule has 7 nitrogen and oxygen atoms in total. The Morgan fingerprint density at radius 1 is 1.13 bits per heavy atom. The number of aryl methyl sites for hydroxylation is 2. The summed E-state index contributed by atoms with van der Waals surface area (Å²) >= 11 is 11.5. The van der Waals surface area contributed by atoms with E-state index in [1.165, 1.54) is 24.3 Å². The highest BCUT2D eigenvalue weighted by Gasteiger charge is 2.60. The number of hydrogen-bond donors (Lipinski definition) is 2. The molecule has 2 atom stereocenters. The van der Waals surface area contributed by atoms with Gasteiger partial charge in [-0.1, -0.05) is 37.0 Å². The molecular formula is C20H22Cl2N4O3S. The molecule has 0 aliphatic heterocycles. The van der Waals surface area contributed by atoms with Crippen molar-refractivity contribution in [1.29, 1.82) is 0 Å². The zero-order valence-corrected chi connectivity index (χ0v) is 19.2. The second-order valence-electron chi connectivity index (χ2n) is 7.84. The van der Waals surface area contributed by atoms with Crippen molar-refractivity contribution in [3.63, 3.8) is 0 Å². The Bertz CT molecular complexity index is 1090. The van der Waals surface area contributed by atoms with Crippen LogP contribution in [-0.4, -0.2) is 24.3 Å². The third kappa shape index (κ3) is 4.94. The maximum absolute atomic E-state index is 12.6. The number of nitrogens with zero attached hydrogens (tertiary/aromatic N) is 2. The van der Waals surface area contributed by atoms with Gasteiger partial charge in [-0.05, 0) is 55.5 Å². The van der Waals surface area contributed by atoms with Crippen molar-refractivity contribution in [2.24, 2.45) is 17.3 Å². The van der Waals surface area contributed by atoms with Crippen LogP contribution in [-0.2, 0) is 14.8 Å². The highest BCUT2D eigenvalue weighted by Crippen LogP contribution is 2.60. The van der Waals surface area contributed by atoms with Gasteiger partial charge in [-0.25, -0.2) is 18.4 Å². The van der Waals surface area contributed by atoms with Gasteiger partial charge < -0.3 is 5.32 Å². The molecule has 2 N–H and O–H groups in total. The lowest BCUT2D eigenvalue weighted by molar-refractivity contribution is -0.118. The van der Waals surface area contributed by atoms with Crippen LogP contribution >= 0.6 is 23.2 Å². The maximum Gasteiger partial charge on any atom is 0.263 e. The van der Waals surface area contributed by atoms with E-state index in [2.05, 4.69) is 20.0 Å². The lowest BCUT2D eigenvalue weighted by Crippen LogP contribution is -2.17. The molecule has 1 saturated carbocycles. The Hall–Kier alpha value is -2.16. The summed E-state index contributed by atoms with van der Waals surface area (Å²) in [6, 6.07) is 7.47. The maximum atomic E-state index is 12.6. The molecule has 0 saturated heterocycles. The number of carbonyl (C=O) groups excluding carboxylic acids is 1. The molecule has 1 heterocycles. The molecule has 1 amide bonds. The summed E-state index contributed by atoms with van der Waals surface area (Å²) in [5.74, 6) is 0.185. The molecule has 1 fully saturated rings. The highest BCUT2D eigenvalue weighted by molar-refractivity contribution is 7.92. The molecular weight excluding hydrogens is 447 g/mol. The lowest BCUT2D eigenvalue weighted by atomic mass is 10.1. The van der Waals surface area contributed by atoms with E-state index < -0.39 is 10.0 Å². The van der Waals surface area contributed by atoms with Crippen LogP contribution in [0.2, 0.25) is 0 Å². The molecule has 1 aliphatic rings. The van der Waals surface area contributed by atoms with E-state index in [0.717, 1.165) is 0 Å². The highest BCUT2D eigenvalue weighted by atomic mass is 35.5. The first-order chi connectivity index (χ1) is 13.9. The van der Waals surface area contributed by atoms with E-state index in [9.17, 15) is 13.2 Å². The Balaban J connectivity index is 1.70. The van der Waals surface area contributed by atoms with Crippen LogP contribution in [0.25, 0.3) is 0 Å². The second-order valence-corrected chi connectivity index (χ2v) is 10.5.